The molecule has 0 aliphatic rings. The molecule has 3 aromatic rings. The Morgan fingerprint density at radius 3 is 2.31 bits per heavy atom. The second-order valence-corrected chi connectivity index (χ2v) is 8.27. The lowest BCUT2D eigenvalue weighted by atomic mass is 9.82. The SMILES string of the molecule is [N-]=[N+]=N[C@H](C(=O)Cc1cncc(F)c1CC[C@H](N)CO)[C@@H](c1ccc(F)cc1)c1cc(F)cc(F)c1. The number of aliphatic hydroxyl groups is 1. The number of halogens is 4. The Bertz CT molecular complexity index is 1250. The van der Waals surface area contributed by atoms with E-state index in [9.17, 15) is 27.9 Å². The molecule has 0 unspecified atom stereocenters. The Morgan fingerprint density at radius 2 is 1.69 bits per heavy atom. The highest BCUT2D eigenvalue weighted by molar-refractivity contribution is 5.88. The summed E-state index contributed by atoms with van der Waals surface area (Å²) in [5, 5.41) is 12.8. The van der Waals surface area contributed by atoms with Crippen LogP contribution in [0, 0.1) is 23.3 Å². The van der Waals surface area contributed by atoms with Crippen molar-refractivity contribution in [2.45, 2.75) is 37.3 Å². The number of hydrogen-bond acceptors (Lipinski definition) is 5. The van der Waals surface area contributed by atoms with Crippen LogP contribution in [0.5, 0.6) is 0 Å². The Kier molecular flexibility index (Phi) is 9.13. The third-order valence-corrected chi connectivity index (χ3v) is 5.75. The van der Waals surface area contributed by atoms with Crippen molar-refractivity contribution < 1.29 is 27.5 Å². The molecule has 0 fully saturated rings. The molecule has 0 radical (unpaired) electrons. The van der Waals surface area contributed by atoms with Gasteiger partial charge in [0.2, 0.25) is 0 Å². The molecule has 3 atom stereocenters. The first kappa shape index (κ1) is 26.8. The Hall–Kier alpha value is -3.79. The van der Waals surface area contributed by atoms with Gasteiger partial charge in [-0.05, 0) is 64.9 Å². The lowest BCUT2D eigenvalue weighted by Crippen LogP contribution is -2.29. The van der Waals surface area contributed by atoms with Gasteiger partial charge in [0.15, 0.2) is 0 Å². The van der Waals surface area contributed by atoms with Crippen LogP contribution in [-0.2, 0) is 17.6 Å². The molecule has 36 heavy (non-hydrogen) atoms. The molecule has 1 aromatic heterocycles. The average molecular weight is 501 g/mol. The third-order valence-electron chi connectivity index (χ3n) is 5.75. The van der Waals surface area contributed by atoms with Crippen LogP contribution in [0.25, 0.3) is 10.4 Å². The number of carbonyl (C=O) groups is 1. The maximum absolute atomic E-state index is 14.5. The summed E-state index contributed by atoms with van der Waals surface area (Å²) < 4.78 is 56.3. The monoisotopic (exact) mass is 501 g/mol. The van der Waals surface area contributed by atoms with Gasteiger partial charge in [0.05, 0.1) is 12.8 Å². The number of aromatic nitrogens is 1. The fourth-order valence-electron chi connectivity index (χ4n) is 4.00. The molecular formula is C25H23F4N5O2. The van der Waals surface area contributed by atoms with Gasteiger partial charge in [0.25, 0.3) is 0 Å². The van der Waals surface area contributed by atoms with Crippen molar-refractivity contribution in [1.29, 1.82) is 0 Å². The van der Waals surface area contributed by atoms with Gasteiger partial charge in [0, 0.05) is 35.6 Å². The highest BCUT2D eigenvalue weighted by Crippen LogP contribution is 2.33. The molecule has 0 aliphatic heterocycles. The first-order valence-corrected chi connectivity index (χ1v) is 11.0. The fraction of sp³-hybridized carbons (Fsp3) is 0.280. The van der Waals surface area contributed by atoms with E-state index in [0.717, 1.165) is 30.5 Å². The van der Waals surface area contributed by atoms with E-state index < -0.39 is 53.5 Å². The van der Waals surface area contributed by atoms with E-state index in [2.05, 4.69) is 15.0 Å². The molecule has 0 bridgehead atoms. The van der Waals surface area contributed by atoms with Crippen LogP contribution < -0.4 is 5.73 Å². The predicted molar refractivity (Wildman–Crippen MR) is 124 cm³/mol. The molecule has 0 aliphatic carbocycles. The summed E-state index contributed by atoms with van der Waals surface area (Å²) in [7, 11) is 0. The average Bonchev–Trinajstić information content (AvgIpc) is 2.83. The Balaban J connectivity index is 2.04. The van der Waals surface area contributed by atoms with E-state index in [-0.39, 0.29) is 41.7 Å². The Labute approximate surface area is 204 Å². The maximum atomic E-state index is 14.5. The summed E-state index contributed by atoms with van der Waals surface area (Å²) in [6, 6.07) is 5.40. The highest BCUT2D eigenvalue weighted by Gasteiger charge is 2.31. The lowest BCUT2D eigenvalue weighted by Gasteiger charge is -2.24. The van der Waals surface area contributed by atoms with Crippen molar-refractivity contribution in [2.75, 3.05) is 6.61 Å². The number of nitrogens with two attached hydrogens (primary N) is 1. The summed E-state index contributed by atoms with van der Waals surface area (Å²) in [5.41, 5.74) is 15.6. The second kappa shape index (κ2) is 12.3. The molecular weight excluding hydrogens is 478 g/mol. The smallest absolute Gasteiger partial charge is 0.147 e. The summed E-state index contributed by atoms with van der Waals surface area (Å²) >= 11 is 0. The van der Waals surface area contributed by atoms with E-state index in [1.165, 1.54) is 18.3 Å². The molecule has 11 heteroatoms. The van der Waals surface area contributed by atoms with E-state index >= 15 is 0 Å². The number of pyridine rings is 1. The largest absolute Gasteiger partial charge is 0.395 e. The summed E-state index contributed by atoms with van der Waals surface area (Å²) in [6.45, 7) is -0.302. The summed E-state index contributed by atoms with van der Waals surface area (Å²) in [5.74, 6) is -4.92. The number of hydrogen-bond donors (Lipinski definition) is 2. The summed E-state index contributed by atoms with van der Waals surface area (Å²) in [6.07, 6.45) is 2.21. The minimum atomic E-state index is -1.50. The number of azide groups is 1. The lowest BCUT2D eigenvalue weighted by molar-refractivity contribution is -0.119. The number of aliphatic hydroxyl groups excluding tert-OH is 1. The number of rotatable bonds is 11. The van der Waals surface area contributed by atoms with Crippen LogP contribution in [-0.4, -0.2) is 34.6 Å². The van der Waals surface area contributed by atoms with E-state index in [1.807, 2.05) is 0 Å². The van der Waals surface area contributed by atoms with Gasteiger partial charge in [0.1, 0.15) is 35.1 Å². The van der Waals surface area contributed by atoms with Crippen molar-refractivity contribution in [3.8, 4) is 0 Å². The standard InChI is InChI=1S/C25H23F4N5O2/c26-17-3-1-14(2-4-17)24(15-7-18(27)10-19(28)8-15)25(33-34-31)23(36)9-16-11-32-12-22(29)21(16)6-5-20(30)13-35/h1-4,7-8,10-12,20,24-25,35H,5-6,9,13,30H2/t20-,24-,25+/m0/s1. The van der Waals surface area contributed by atoms with Crippen LogP contribution in [0.3, 0.4) is 0 Å². The van der Waals surface area contributed by atoms with Crippen LogP contribution in [0.15, 0.2) is 60.0 Å². The van der Waals surface area contributed by atoms with Crippen molar-refractivity contribution in [2.24, 2.45) is 10.8 Å². The molecule has 0 saturated heterocycles. The normalized spacial score (nSPS) is 13.5. The van der Waals surface area contributed by atoms with Gasteiger partial charge in [-0.15, -0.1) is 0 Å². The first-order valence-electron chi connectivity index (χ1n) is 11.0. The van der Waals surface area contributed by atoms with Gasteiger partial charge in [-0.2, -0.15) is 0 Å². The van der Waals surface area contributed by atoms with Crippen molar-refractivity contribution in [1.82, 2.24) is 4.98 Å². The number of benzene rings is 2. The molecule has 7 nitrogen and oxygen atoms in total. The molecule has 0 spiro atoms. The number of carbonyl (C=O) groups excluding carboxylic acids is 1. The number of ketones is 1. The Morgan fingerprint density at radius 1 is 1.03 bits per heavy atom. The van der Waals surface area contributed by atoms with E-state index in [4.69, 9.17) is 10.8 Å². The van der Waals surface area contributed by atoms with Crippen molar-refractivity contribution >= 4 is 5.78 Å². The highest BCUT2D eigenvalue weighted by atomic mass is 19.1. The van der Waals surface area contributed by atoms with Crippen molar-refractivity contribution in [3.63, 3.8) is 0 Å². The second-order valence-electron chi connectivity index (χ2n) is 8.27. The molecule has 0 amide bonds. The quantitative estimate of drug-likeness (QED) is 0.174. The minimum Gasteiger partial charge on any atom is -0.395 e. The number of nitrogens with zero attached hydrogens (tertiary/aromatic N) is 4. The zero-order valence-electron chi connectivity index (χ0n) is 19.0. The van der Waals surface area contributed by atoms with Crippen LogP contribution in [0.1, 0.15) is 34.6 Å². The van der Waals surface area contributed by atoms with Crippen LogP contribution in [0.4, 0.5) is 17.6 Å². The van der Waals surface area contributed by atoms with Gasteiger partial charge < -0.3 is 10.8 Å². The van der Waals surface area contributed by atoms with Gasteiger partial charge in [-0.3, -0.25) is 9.78 Å². The fourth-order valence-corrected chi connectivity index (χ4v) is 4.00. The topological polar surface area (TPSA) is 125 Å². The number of Topliss-reactive ketones (excluding diaryl/α,β-unsaturated/α-hetero) is 1. The van der Waals surface area contributed by atoms with Gasteiger partial charge in [-0.1, -0.05) is 17.2 Å². The predicted octanol–water partition coefficient (Wildman–Crippen LogP) is 4.51. The van der Waals surface area contributed by atoms with Gasteiger partial charge >= 0.3 is 0 Å². The zero-order valence-corrected chi connectivity index (χ0v) is 19.0. The minimum absolute atomic E-state index is 0.00336. The molecule has 1 heterocycles. The molecule has 3 rings (SSSR count). The van der Waals surface area contributed by atoms with E-state index in [0.29, 0.717) is 6.07 Å². The van der Waals surface area contributed by atoms with Crippen molar-refractivity contribution in [3.05, 3.63) is 111 Å². The van der Waals surface area contributed by atoms with Gasteiger partial charge in [-0.25, -0.2) is 17.6 Å². The van der Waals surface area contributed by atoms with Crippen LogP contribution in [0.2, 0.25) is 0 Å². The third kappa shape index (κ3) is 6.66. The molecule has 0 saturated carbocycles. The van der Waals surface area contributed by atoms with Crippen LogP contribution >= 0.6 is 0 Å². The first-order chi connectivity index (χ1) is 17.2. The van der Waals surface area contributed by atoms with E-state index in [1.54, 1.807) is 0 Å². The summed E-state index contributed by atoms with van der Waals surface area (Å²) in [4.78, 5) is 20.0. The molecule has 188 valence electrons. The zero-order chi connectivity index (χ0) is 26.2. The maximum Gasteiger partial charge on any atom is 0.147 e. The molecule has 3 N–H and O–H groups in total. The molecule has 2 aromatic carbocycles.